The van der Waals surface area contributed by atoms with Crippen molar-refractivity contribution in [1.29, 1.82) is 0 Å². The average molecular weight is 377 g/mol. The highest BCUT2D eigenvalue weighted by Gasteiger charge is 2.22. The lowest BCUT2D eigenvalue weighted by Crippen LogP contribution is -3.06. The Morgan fingerprint density at radius 2 is 2.16 bits per heavy atom. The van der Waals surface area contributed by atoms with E-state index in [4.69, 9.17) is 4.74 Å². The SMILES string of the molecule is CCOc1ccc2nc(N(CC[NH+](C)C)C(=O)c3cccs3)sc2c1. The summed E-state index contributed by atoms with van der Waals surface area (Å²) in [5.74, 6) is 0.847. The molecule has 0 aliphatic rings. The first-order valence-corrected chi connectivity index (χ1v) is 9.96. The van der Waals surface area contributed by atoms with Gasteiger partial charge in [0.1, 0.15) is 5.75 Å². The summed E-state index contributed by atoms with van der Waals surface area (Å²) >= 11 is 3.00. The van der Waals surface area contributed by atoms with E-state index in [0.29, 0.717) is 13.2 Å². The highest BCUT2D eigenvalue weighted by Crippen LogP contribution is 2.32. The number of ether oxygens (including phenoxy) is 1. The molecule has 0 saturated heterocycles. The van der Waals surface area contributed by atoms with E-state index in [1.165, 1.54) is 27.6 Å². The van der Waals surface area contributed by atoms with Gasteiger partial charge in [-0.25, -0.2) is 4.98 Å². The lowest BCUT2D eigenvalue weighted by atomic mass is 10.3. The average Bonchev–Trinajstić information content (AvgIpc) is 3.24. The van der Waals surface area contributed by atoms with Crippen LogP contribution in [0.5, 0.6) is 5.75 Å². The summed E-state index contributed by atoms with van der Waals surface area (Å²) < 4.78 is 6.60. The van der Waals surface area contributed by atoms with E-state index in [0.717, 1.165) is 32.5 Å². The van der Waals surface area contributed by atoms with Crippen LogP contribution in [0.2, 0.25) is 0 Å². The number of nitrogens with zero attached hydrogens (tertiary/aromatic N) is 2. The van der Waals surface area contributed by atoms with Crippen molar-refractivity contribution in [2.24, 2.45) is 0 Å². The Hall–Kier alpha value is -1.96. The van der Waals surface area contributed by atoms with Crippen molar-refractivity contribution in [2.45, 2.75) is 6.92 Å². The molecule has 2 aromatic heterocycles. The standard InChI is InChI=1S/C18H21N3O2S2/c1-4-23-13-7-8-14-16(12-13)25-18(19-14)21(10-9-20(2)3)17(22)15-6-5-11-24-15/h5-8,11-12H,4,9-10H2,1-3H3/p+1. The Morgan fingerprint density at radius 1 is 1.32 bits per heavy atom. The second kappa shape index (κ2) is 7.95. The Bertz CT molecular complexity index is 843. The molecular formula is C18H22N3O2S2+. The minimum Gasteiger partial charge on any atom is -0.494 e. The molecule has 132 valence electrons. The minimum absolute atomic E-state index is 0.0142. The second-order valence-corrected chi connectivity index (χ2v) is 7.91. The topological polar surface area (TPSA) is 46.9 Å². The van der Waals surface area contributed by atoms with Crippen molar-refractivity contribution < 1.29 is 14.4 Å². The predicted octanol–water partition coefficient (Wildman–Crippen LogP) is 2.55. The molecule has 0 aliphatic heterocycles. The third-order valence-electron chi connectivity index (χ3n) is 3.70. The lowest BCUT2D eigenvalue weighted by molar-refractivity contribution is -0.856. The van der Waals surface area contributed by atoms with E-state index >= 15 is 0 Å². The molecule has 0 spiro atoms. The van der Waals surface area contributed by atoms with Gasteiger partial charge in [-0.2, -0.15) is 0 Å². The quantitative estimate of drug-likeness (QED) is 0.689. The number of nitrogens with one attached hydrogen (secondary N) is 1. The third-order valence-corrected chi connectivity index (χ3v) is 5.60. The predicted molar refractivity (Wildman–Crippen MR) is 104 cm³/mol. The number of rotatable bonds is 7. The molecule has 0 unspecified atom stereocenters. The summed E-state index contributed by atoms with van der Waals surface area (Å²) in [4.78, 5) is 21.5. The molecule has 0 saturated carbocycles. The van der Waals surface area contributed by atoms with Crippen molar-refractivity contribution in [3.8, 4) is 5.75 Å². The fraction of sp³-hybridized carbons (Fsp3) is 0.333. The number of anilines is 1. The first kappa shape index (κ1) is 17.8. The normalized spacial score (nSPS) is 11.2. The van der Waals surface area contributed by atoms with Crippen molar-refractivity contribution in [2.75, 3.05) is 38.7 Å². The molecule has 0 aliphatic carbocycles. The Balaban J connectivity index is 1.94. The number of aromatic nitrogens is 1. The zero-order chi connectivity index (χ0) is 17.8. The summed E-state index contributed by atoms with van der Waals surface area (Å²) in [6.07, 6.45) is 0. The number of quaternary nitrogens is 1. The Labute approximate surface area is 155 Å². The van der Waals surface area contributed by atoms with Crippen LogP contribution in [0, 0.1) is 0 Å². The number of thiazole rings is 1. The van der Waals surface area contributed by atoms with Crippen LogP contribution < -0.4 is 14.5 Å². The van der Waals surface area contributed by atoms with Gasteiger partial charge in [-0.1, -0.05) is 17.4 Å². The molecule has 2 heterocycles. The van der Waals surface area contributed by atoms with Gasteiger partial charge in [-0.3, -0.25) is 9.69 Å². The fourth-order valence-electron chi connectivity index (χ4n) is 2.42. The number of carbonyl (C=O) groups excluding carboxylic acids is 1. The van der Waals surface area contributed by atoms with Gasteiger partial charge in [0, 0.05) is 0 Å². The molecule has 5 nitrogen and oxygen atoms in total. The molecule has 0 fully saturated rings. The number of amides is 1. The summed E-state index contributed by atoms with van der Waals surface area (Å²) in [7, 11) is 4.17. The molecule has 1 aromatic carbocycles. The van der Waals surface area contributed by atoms with Gasteiger partial charge in [0.15, 0.2) is 5.13 Å². The summed E-state index contributed by atoms with van der Waals surface area (Å²) in [5.41, 5.74) is 0.893. The number of likely N-dealkylation sites (N-methyl/N-ethyl adjacent to an activating group) is 1. The number of benzene rings is 1. The van der Waals surface area contributed by atoms with Crippen LogP contribution in [0.1, 0.15) is 16.6 Å². The van der Waals surface area contributed by atoms with Gasteiger partial charge in [0.25, 0.3) is 5.91 Å². The maximum atomic E-state index is 12.9. The van der Waals surface area contributed by atoms with Crippen molar-refractivity contribution in [3.05, 3.63) is 40.6 Å². The molecule has 0 atom stereocenters. The Kier molecular flexibility index (Phi) is 5.67. The minimum atomic E-state index is 0.0142. The number of fused-ring (bicyclic) bond motifs is 1. The van der Waals surface area contributed by atoms with Gasteiger partial charge in [0.05, 0.1) is 48.9 Å². The van der Waals surface area contributed by atoms with E-state index in [1.54, 1.807) is 4.90 Å². The van der Waals surface area contributed by atoms with E-state index in [9.17, 15) is 4.79 Å². The van der Waals surface area contributed by atoms with Crippen LogP contribution in [0.3, 0.4) is 0 Å². The monoisotopic (exact) mass is 376 g/mol. The highest BCUT2D eigenvalue weighted by atomic mass is 32.1. The highest BCUT2D eigenvalue weighted by molar-refractivity contribution is 7.22. The summed E-state index contributed by atoms with van der Waals surface area (Å²) in [6.45, 7) is 4.09. The van der Waals surface area contributed by atoms with Crippen LogP contribution in [0.4, 0.5) is 5.13 Å². The van der Waals surface area contributed by atoms with Gasteiger partial charge in [0.2, 0.25) is 0 Å². The first-order chi connectivity index (χ1) is 12.1. The largest absolute Gasteiger partial charge is 0.494 e. The van der Waals surface area contributed by atoms with E-state index in [-0.39, 0.29) is 5.91 Å². The first-order valence-electron chi connectivity index (χ1n) is 8.26. The van der Waals surface area contributed by atoms with Crippen LogP contribution in [-0.2, 0) is 0 Å². The molecule has 1 amide bonds. The zero-order valence-electron chi connectivity index (χ0n) is 14.6. The van der Waals surface area contributed by atoms with Crippen LogP contribution >= 0.6 is 22.7 Å². The van der Waals surface area contributed by atoms with Gasteiger partial charge in [-0.05, 0) is 36.6 Å². The third kappa shape index (κ3) is 4.18. The maximum Gasteiger partial charge on any atom is 0.270 e. The zero-order valence-corrected chi connectivity index (χ0v) is 16.2. The van der Waals surface area contributed by atoms with Gasteiger partial charge >= 0.3 is 0 Å². The molecule has 0 radical (unpaired) electrons. The lowest BCUT2D eigenvalue weighted by Gasteiger charge is -2.19. The van der Waals surface area contributed by atoms with E-state index < -0.39 is 0 Å². The fourth-order valence-corrected chi connectivity index (χ4v) is 4.11. The molecule has 1 N–H and O–H groups in total. The molecule has 7 heteroatoms. The van der Waals surface area contributed by atoms with Gasteiger partial charge < -0.3 is 9.64 Å². The van der Waals surface area contributed by atoms with Crippen LogP contribution in [-0.4, -0.2) is 44.7 Å². The van der Waals surface area contributed by atoms with Crippen LogP contribution in [0.15, 0.2) is 35.7 Å². The molecule has 3 rings (SSSR count). The van der Waals surface area contributed by atoms with Crippen molar-refractivity contribution in [1.82, 2.24) is 4.98 Å². The number of thiophene rings is 1. The smallest absolute Gasteiger partial charge is 0.270 e. The number of hydrogen-bond donors (Lipinski definition) is 1. The van der Waals surface area contributed by atoms with Crippen LogP contribution in [0.25, 0.3) is 10.2 Å². The summed E-state index contributed by atoms with van der Waals surface area (Å²) in [5, 5.41) is 2.67. The Morgan fingerprint density at radius 3 is 2.84 bits per heavy atom. The number of carbonyl (C=O) groups is 1. The summed E-state index contributed by atoms with van der Waals surface area (Å²) in [6, 6.07) is 9.63. The maximum absolute atomic E-state index is 12.9. The van der Waals surface area contributed by atoms with Crippen molar-refractivity contribution in [3.63, 3.8) is 0 Å². The molecule has 3 aromatic rings. The molecule has 25 heavy (non-hydrogen) atoms. The second-order valence-electron chi connectivity index (χ2n) is 5.95. The molecule has 0 bridgehead atoms. The number of hydrogen-bond acceptors (Lipinski definition) is 5. The van der Waals surface area contributed by atoms with Gasteiger partial charge in [-0.15, -0.1) is 11.3 Å². The van der Waals surface area contributed by atoms with Crippen molar-refractivity contribution >= 4 is 43.9 Å². The molecular weight excluding hydrogens is 354 g/mol. The van der Waals surface area contributed by atoms with E-state index in [1.807, 2.05) is 42.6 Å². The van der Waals surface area contributed by atoms with E-state index in [2.05, 4.69) is 19.1 Å².